The first kappa shape index (κ1) is 15.3. The molecule has 3 heterocycles. The van der Waals surface area contributed by atoms with Gasteiger partial charge in [0, 0.05) is 5.02 Å². The first-order chi connectivity index (χ1) is 11.4. The maximum absolute atomic E-state index is 12.8. The molecule has 0 saturated heterocycles. The molecule has 24 heavy (non-hydrogen) atoms. The van der Waals surface area contributed by atoms with Gasteiger partial charge in [0.05, 0.1) is 10.7 Å². The number of hydrogen-bond donors (Lipinski definition) is 0. The number of thiazole rings is 1. The summed E-state index contributed by atoms with van der Waals surface area (Å²) in [4.78, 5) is 42.2. The lowest BCUT2D eigenvalue weighted by atomic mass is 10.3. The molecular weight excluding hydrogens is 375 g/mol. The van der Waals surface area contributed by atoms with E-state index in [1.54, 1.807) is 6.07 Å². The summed E-state index contributed by atoms with van der Waals surface area (Å²) in [6, 6.07) is 4.50. The monoisotopic (exact) mass is 380 g/mol. The van der Waals surface area contributed by atoms with Crippen LogP contribution in [0, 0.1) is 6.92 Å². The summed E-state index contributed by atoms with van der Waals surface area (Å²) >= 11 is 13.0. The van der Waals surface area contributed by atoms with Gasteiger partial charge in [-0.1, -0.05) is 34.5 Å². The van der Waals surface area contributed by atoms with Gasteiger partial charge in [-0.15, -0.1) is 0 Å². The van der Waals surface area contributed by atoms with E-state index in [0.717, 1.165) is 16.2 Å². The minimum Gasteiger partial charge on any atom is -0.267 e. The fourth-order valence-corrected chi connectivity index (χ4v) is 3.75. The number of hydrogen-bond acceptors (Lipinski definition) is 6. The molecule has 0 N–H and O–H groups in total. The Bertz CT molecular complexity index is 1120. The van der Waals surface area contributed by atoms with Crippen LogP contribution in [0.3, 0.4) is 0 Å². The van der Waals surface area contributed by atoms with E-state index in [2.05, 4.69) is 10.1 Å². The van der Waals surface area contributed by atoms with Crippen molar-refractivity contribution in [3.63, 3.8) is 0 Å². The number of anilines is 1. The summed E-state index contributed by atoms with van der Waals surface area (Å²) in [6.07, 6.45) is 0. The van der Waals surface area contributed by atoms with E-state index in [-0.39, 0.29) is 31.9 Å². The third-order valence-corrected chi connectivity index (χ3v) is 5.08. The molecular formula is C14H6Cl2N4O3S. The van der Waals surface area contributed by atoms with Gasteiger partial charge in [0.2, 0.25) is 4.96 Å². The van der Waals surface area contributed by atoms with Gasteiger partial charge < -0.3 is 0 Å². The number of amides is 2. The Labute approximate surface area is 148 Å². The van der Waals surface area contributed by atoms with Crippen LogP contribution in [0.1, 0.15) is 25.9 Å². The van der Waals surface area contributed by atoms with Gasteiger partial charge in [-0.25, -0.2) is 4.90 Å². The number of aryl methyl sites for hydroxylation is 1. The number of aromatic nitrogens is 3. The molecule has 3 aromatic rings. The zero-order valence-electron chi connectivity index (χ0n) is 11.9. The van der Waals surface area contributed by atoms with Crippen molar-refractivity contribution in [2.45, 2.75) is 6.92 Å². The normalized spacial score (nSPS) is 13.9. The largest absolute Gasteiger partial charge is 0.295 e. The Balaban J connectivity index is 1.95. The molecule has 0 spiro atoms. The molecule has 0 atom stereocenters. The van der Waals surface area contributed by atoms with Crippen molar-refractivity contribution >= 4 is 57.0 Å². The van der Waals surface area contributed by atoms with Gasteiger partial charge in [0.1, 0.15) is 10.6 Å². The Hall–Kier alpha value is -2.29. The van der Waals surface area contributed by atoms with E-state index in [1.165, 1.54) is 23.6 Å². The van der Waals surface area contributed by atoms with Crippen molar-refractivity contribution in [2.75, 3.05) is 4.90 Å². The maximum atomic E-state index is 12.8. The van der Waals surface area contributed by atoms with Gasteiger partial charge in [0.25, 0.3) is 17.4 Å². The van der Waals surface area contributed by atoms with E-state index in [0.29, 0.717) is 5.02 Å². The second kappa shape index (κ2) is 5.10. The summed E-state index contributed by atoms with van der Waals surface area (Å²) in [6.45, 7) is 1.48. The van der Waals surface area contributed by atoms with Crippen LogP contribution in [0.5, 0.6) is 0 Å². The highest BCUT2D eigenvalue weighted by Crippen LogP contribution is 2.37. The third kappa shape index (κ3) is 2.00. The molecule has 1 aliphatic rings. The van der Waals surface area contributed by atoms with Crippen LogP contribution >= 0.6 is 34.5 Å². The fourth-order valence-electron chi connectivity index (χ4n) is 2.41. The Morgan fingerprint density at radius 1 is 1.12 bits per heavy atom. The smallest absolute Gasteiger partial charge is 0.267 e. The van der Waals surface area contributed by atoms with Crippen LogP contribution in [0.15, 0.2) is 23.0 Å². The summed E-state index contributed by atoms with van der Waals surface area (Å²) in [5.41, 5.74) is -0.106. The second-order valence-corrected chi connectivity index (χ2v) is 6.84. The van der Waals surface area contributed by atoms with Crippen molar-refractivity contribution in [1.29, 1.82) is 0 Å². The zero-order valence-corrected chi connectivity index (χ0v) is 14.2. The summed E-state index contributed by atoms with van der Waals surface area (Å²) in [5.74, 6) is -1.15. The van der Waals surface area contributed by atoms with Gasteiger partial charge in [-0.3, -0.25) is 14.4 Å². The molecule has 0 saturated carbocycles. The van der Waals surface area contributed by atoms with Gasteiger partial charge in [-0.05, 0) is 25.1 Å². The van der Waals surface area contributed by atoms with Crippen molar-refractivity contribution < 1.29 is 9.59 Å². The number of rotatable bonds is 1. The number of carbonyl (C=O) groups is 2. The molecule has 10 heteroatoms. The lowest BCUT2D eigenvalue weighted by Gasteiger charge is -2.15. The number of fused-ring (bicyclic) bond motifs is 3. The Kier molecular flexibility index (Phi) is 3.24. The molecule has 7 nitrogen and oxygen atoms in total. The van der Waals surface area contributed by atoms with E-state index < -0.39 is 17.4 Å². The van der Waals surface area contributed by atoms with E-state index >= 15 is 0 Å². The van der Waals surface area contributed by atoms with Crippen LogP contribution < -0.4 is 10.5 Å². The lowest BCUT2D eigenvalue weighted by Crippen LogP contribution is -2.30. The molecule has 4 rings (SSSR count). The van der Waals surface area contributed by atoms with Gasteiger partial charge in [0.15, 0.2) is 5.69 Å². The first-order valence-corrected chi connectivity index (χ1v) is 8.20. The molecule has 0 radical (unpaired) electrons. The first-order valence-electron chi connectivity index (χ1n) is 6.63. The van der Waals surface area contributed by atoms with Crippen molar-refractivity contribution in [2.24, 2.45) is 0 Å². The maximum Gasteiger partial charge on any atom is 0.295 e. The minimum absolute atomic E-state index is 0.0617. The molecule has 2 aromatic heterocycles. The molecule has 1 aromatic carbocycles. The van der Waals surface area contributed by atoms with Gasteiger partial charge in [-0.2, -0.15) is 14.6 Å². The van der Waals surface area contributed by atoms with Crippen molar-refractivity contribution in [3.05, 3.63) is 54.9 Å². The molecule has 2 amide bonds. The van der Waals surface area contributed by atoms with E-state index in [4.69, 9.17) is 23.2 Å². The van der Waals surface area contributed by atoms with Crippen LogP contribution in [0.25, 0.3) is 4.96 Å². The summed E-state index contributed by atoms with van der Waals surface area (Å²) in [5, 5.41) is 4.61. The quantitative estimate of drug-likeness (QED) is 0.605. The lowest BCUT2D eigenvalue weighted by molar-refractivity contribution is 0.0924. The summed E-state index contributed by atoms with van der Waals surface area (Å²) < 4.78 is 1.22. The Morgan fingerprint density at radius 2 is 1.88 bits per heavy atom. The minimum atomic E-state index is -0.595. The van der Waals surface area contributed by atoms with Crippen LogP contribution in [0.4, 0.5) is 5.69 Å². The van der Waals surface area contributed by atoms with E-state index in [9.17, 15) is 14.4 Å². The molecule has 0 fully saturated rings. The predicted molar refractivity (Wildman–Crippen MR) is 89.5 cm³/mol. The van der Waals surface area contributed by atoms with Crippen molar-refractivity contribution in [3.8, 4) is 0 Å². The fraction of sp³-hybridized carbons (Fsp3) is 0.0714. The van der Waals surface area contributed by atoms with E-state index in [1.807, 2.05) is 0 Å². The highest BCUT2D eigenvalue weighted by Gasteiger charge is 2.42. The van der Waals surface area contributed by atoms with Crippen molar-refractivity contribution in [1.82, 2.24) is 14.6 Å². The van der Waals surface area contributed by atoms with Crippen LogP contribution in [0.2, 0.25) is 10.0 Å². The number of benzene rings is 1. The predicted octanol–water partition coefficient (Wildman–Crippen LogP) is 2.57. The highest BCUT2D eigenvalue weighted by molar-refractivity contribution is 7.19. The molecule has 120 valence electrons. The molecule has 0 bridgehead atoms. The van der Waals surface area contributed by atoms with Crippen LogP contribution in [-0.4, -0.2) is 26.4 Å². The summed E-state index contributed by atoms with van der Waals surface area (Å²) in [7, 11) is 0. The average molecular weight is 381 g/mol. The molecule has 0 aliphatic carbocycles. The Morgan fingerprint density at radius 3 is 2.62 bits per heavy atom. The highest BCUT2D eigenvalue weighted by atomic mass is 35.5. The second-order valence-electron chi connectivity index (χ2n) is 5.02. The third-order valence-electron chi connectivity index (χ3n) is 3.51. The number of nitrogens with zero attached hydrogens (tertiary/aromatic N) is 4. The molecule has 0 unspecified atom stereocenters. The average Bonchev–Trinajstić information content (AvgIpc) is 3.00. The topological polar surface area (TPSA) is 84.6 Å². The standard InChI is InChI=1S/C14H6Cl2N4O3S/c1-5-11(21)17-14-20(18-5)9-10(24-14)13(23)19(12(9)22)8-4-6(15)2-3-7(8)16/h2-4H,1H3. The number of imide groups is 1. The number of halogens is 2. The van der Waals surface area contributed by atoms with Crippen LogP contribution in [-0.2, 0) is 0 Å². The number of carbonyl (C=O) groups excluding carboxylic acids is 2. The van der Waals surface area contributed by atoms with Gasteiger partial charge >= 0.3 is 0 Å². The zero-order chi connectivity index (χ0) is 17.2. The SMILES string of the molecule is Cc1nn2c3c(sc2nc1=O)C(=O)N(c1cc(Cl)ccc1Cl)C3=O. The molecule has 1 aliphatic heterocycles.